The Labute approximate surface area is 88.3 Å². The Morgan fingerprint density at radius 3 is 2.43 bits per heavy atom. The average Bonchev–Trinajstić information content (AvgIpc) is 2.79. The van der Waals surface area contributed by atoms with Crippen molar-refractivity contribution in [1.29, 1.82) is 0 Å². The van der Waals surface area contributed by atoms with Crippen LogP contribution in [-0.2, 0) is 0 Å². The predicted octanol–water partition coefficient (Wildman–Crippen LogP) is 3.85. The highest BCUT2D eigenvalue weighted by Gasteiger charge is 2.38. The third kappa shape index (κ3) is 3.28. The van der Waals surface area contributed by atoms with Crippen LogP contribution >= 0.6 is 0 Å². The molecule has 1 aliphatic rings. The zero-order valence-electron chi connectivity index (χ0n) is 10.2. The van der Waals surface area contributed by atoms with E-state index in [1.807, 2.05) is 0 Å². The van der Waals surface area contributed by atoms with Gasteiger partial charge in [-0.3, -0.25) is 4.99 Å². The molecular formula is C13H23N. The van der Waals surface area contributed by atoms with Crippen LogP contribution in [0.2, 0.25) is 0 Å². The lowest BCUT2D eigenvalue weighted by atomic mass is 10.1. The summed E-state index contributed by atoms with van der Waals surface area (Å²) in [7, 11) is 0. The molecule has 1 nitrogen and oxygen atoms in total. The van der Waals surface area contributed by atoms with E-state index < -0.39 is 0 Å². The highest BCUT2D eigenvalue weighted by molar-refractivity contribution is 5.99. The third-order valence-corrected chi connectivity index (χ3v) is 2.67. The van der Waals surface area contributed by atoms with Crippen molar-refractivity contribution < 1.29 is 0 Å². The molecule has 1 saturated carbocycles. The standard InChI is InChI=1S/C13H23N/c1-6-11-8-12(11)13(7-9(2)3)14-10(4)5/h7,10-12H,6,8H2,1-5H3. The summed E-state index contributed by atoms with van der Waals surface area (Å²) in [5.74, 6) is 1.67. The van der Waals surface area contributed by atoms with E-state index >= 15 is 0 Å². The molecule has 0 aromatic heterocycles. The fraction of sp³-hybridized carbons (Fsp3) is 0.769. The van der Waals surface area contributed by atoms with E-state index in [0.717, 1.165) is 11.8 Å². The van der Waals surface area contributed by atoms with Gasteiger partial charge in [-0.05, 0) is 46.1 Å². The molecule has 0 saturated heterocycles. The van der Waals surface area contributed by atoms with E-state index in [-0.39, 0.29) is 0 Å². The van der Waals surface area contributed by atoms with Crippen molar-refractivity contribution in [3.63, 3.8) is 0 Å². The van der Waals surface area contributed by atoms with Crippen molar-refractivity contribution in [2.24, 2.45) is 16.8 Å². The molecule has 1 heteroatoms. The molecule has 0 aromatic carbocycles. The molecule has 0 aromatic rings. The van der Waals surface area contributed by atoms with E-state index in [4.69, 9.17) is 4.99 Å². The maximum atomic E-state index is 4.72. The van der Waals surface area contributed by atoms with Gasteiger partial charge in [-0.25, -0.2) is 0 Å². The minimum atomic E-state index is 0.429. The van der Waals surface area contributed by atoms with Crippen LogP contribution in [0.5, 0.6) is 0 Å². The van der Waals surface area contributed by atoms with Gasteiger partial charge in [-0.15, -0.1) is 0 Å². The van der Waals surface area contributed by atoms with Crippen molar-refractivity contribution in [1.82, 2.24) is 0 Å². The molecular weight excluding hydrogens is 170 g/mol. The highest BCUT2D eigenvalue weighted by Crippen LogP contribution is 2.42. The molecule has 0 bridgehead atoms. The summed E-state index contributed by atoms with van der Waals surface area (Å²) in [6.07, 6.45) is 4.92. The van der Waals surface area contributed by atoms with Crippen LogP contribution in [0.15, 0.2) is 16.6 Å². The van der Waals surface area contributed by atoms with Crippen LogP contribution in [0.4, 0.5) is 0 Å². The summed E-state index contributed by atoms with van der Waals surface area (Å²) in [5.41, 5.74) is 2.71. The van der Waals surface area contributed by atoms with Crippen LogP contribution < -0.4 is 0 Å². The second kappa shape index (κ2) is 4.77. The fourth-order valence-electron chi connectivity index (χ4n) is 1.89. The van der Waals surface area contributed by atoms with E-state index in [1.165, 1.54) is 24.1 Å². The average molecular weight is 193 g/mol. The van der Waals surface area contributed by atoms with Crippen LogP contribution in [0.3, 0.4) is 0 Å². The third-order valence-electron chi connectivity index (χ3n) is 2.67. The van der Waals surface area contributed by atoms with E-state index in [0.29, 0.717) is 6.04 Å². The van der Waals surface area contributed by atoms with Gasteiger partial charge in [0.25, 0.3) is 0 Å². The normalized spacial score (nSPS) is 26.6. The van der Waals surface area contributed by atoms with Crippen molar-refractivity contribution in [2.75, 3.05) is 0 Å². The van der Waals surface area contributed by atoms with Crippen molar-refractivity contribution >= 4 is 5.71 Å². The number of allylic oxidation sites excluding steroid dienone is 2. The second-order valence-electron chi connectivity index (χ2n) is 4.88. The van der Waals surface area contributed by atoms with E-state index in [9.17, 15) is 0 Å². The van der Waals surface area contributed by atoms with Gasteiger partial charge in [0.2, 0.25) is 0 Å². The molecule has 0 amide bonds. The van der Waals surface area contributed by atoms with Gasteiger partial charge in [-0.2, -0.15) is 0 Å². The molecule has 1 fully saturated rings. The zero-order chi connectivity index (χ0) is 10.7. The quantitative estimate of drug-likeness (QED) is 0.601. The highest BCUT2D eigenvalue weighted by atomic mass is 14.8. The lowest BCUT2D eigenvalue weighted by Crippen LogP contribution is -2.04. The van der Waals surface area contributed by atoms with Gasteiger partial charge in [-0.1, -0.05) is 18.9 Å². The largest absolute Gasteiger partial charge is 0.287 e. The van der Waals surface area contributed by atoms with Crippen molar-refractivity contribution in [2.45, 2.75) is 53.5 Å². The minimum absolute atomic E-state index is 0.429. The van der Waals surface area contributed by atoms with Crippen LogP contribution in [0.1, 0.15) is 47.5 Å². The Hall–Kier alpha value is -0.590. The number of aliphatic imine (C=N–C) groups is 1. The first kappa shape index (κ1) is 11.5. The lowest BCUT2D eigenvalue weighted by molar-refractivity contribution is 0.760. The SMILES string of the molecule is CCC1CC1C(C=C(C)C)=NC(C)C. The fourth-order valence-corrected chi connectivity index (χ4v) is 1.89. The molecule has 2 atom stereocenters. The maximum absolute atomic E-state index is 4.72. The van der Waals surface area contributed by atoms with Crippen molar-refractivity contribution in [3.8, 4) is 0 Å². The van der Waals surface area contributed by atoms with Gasteiger partial charge in [0.15, 0.2) is 0 Å². The molecule has 80 valence electrons. The summed E-state index contributed by atoms with van der Waals surface area (Å²) < 4.78 is 0. The Morgan fingerprint density at radius 1 is 1.43 bits per heavy atom. The molecule has 14 heavy (non-hydrogen) atoms. The monoisotopic (exact) mass is 193 g/mol. The Morgan fingerprint density at radius 2 is 2.07 bits per heavy atom. The summed E-state index contributed by atoms with van der Waals surface area (Å²) in [5, 5.41) is 0. The molecule has 0 spiro atoms. The van der Waals surface area contributed by atoms with Crippen molar-refractivity contribution in [3.05, 3.63) is 11.6 Å². The summed E-state index contributed by atoms with van der Waals surface area (Å²) in [6, 6.07) is 0.429. The minimum Gasteiger partial charge on any atom is -0.287 e. The molecule has 0 N–H and O–H groups in total. The number of rotatable bonds is 4. The number of hydrogen-bond donors (Lipinski definition) is 0. The van der Waals surface area contributed by atoms with Crippen LogP contribution in [0.25, 0.3) is 0 Å². The Kier molecular flexibility index (Phi) is 3.91. The topological polar surface area (TPSA) is 12.4 Å². The number of nitrogens with zero attached hydrogens (tertiary/aromatic N) is 1. The predicted molar refractivity (Wildman–Crippen MR) is 63.9 cm³/mol. The van der Waals surface area contributed by atoms with Gasteiger partial charge >= 0.3 is 0 Å². The zero-order valence-corrected chi connectivity index (χ0v) is 10.2. The van der Waals surface area contributed by atoms with E-state index in [2.05, 4.69) is 40.7 Å². The van der Waals surface area contributed by atoms with Gasteiger partial charge in [0, 0.05) is 17.7 Å². The first-order valence-electron chi connectivity index (χ1n) is 5.77. The summed E-state index contributed by atoms with van der Waals surface area (Å²) in [4.78, 5) is 4.72. The first-order chi connectivity index (χ1) is 6.54. The summed E-state index contributed by atoms with van der Waals surface area (Å²) in [6.45, 7) is 10.9. The Bertz CT molecular complexity index is 244. The number of hydrogen-bond acceptors (Lipinski definition) is 1. The summed E-state index contributed by atoms with van der Waals surface area (Å²) >= 11 is 0. The molecule has 1 aliphatic carbocycles. The first-order valence-corrected chi connectivity index (χ1v) is 5.77. The maximum Gasteiger partial charge on any atom is 0.0446 e. The Balaban J connectivity index is 2.69. The van der Waals surface area contributed by atoms with Gasteiger partial charge in [0.05, 0.1) is 0 Å². The van der Waals surface area contributed by atoms with Crippen LogP contribution in [-0.4, -0.2) is 11.8 Å². The molecule has 1 rings (SSSR count). The molecule has 0 radical (unpaired) electrons. The van der Waals surface area contributed by atoms with Gasteiger partial charge < -0.3 is 0 Å². The van der Waals surface area contributed by atoms with Gasteiger partial charge in [0.1, 0.15) is 0 Å². The molecule has 2 unspecified atom stereocenters. The molecule has 0 heterocycles. The van der Waals surface area contributed by atoms with E-state index in [1.54, 1.807) is 0 Å². The lowest BCUT2D eigenvalue weighted by Gasteiger charge is -2.04. The van der Waals surface area contributed by atoms with Crippen LogP contribution in [0, 0.1) is 11.8 Å². The molecule has 0 aliphatic heterocycles. The second-order valence-corrected chi connectivity index (χ2v) is 4.88. The smallest absolute Gasteiger partial charge is 0.0446 e.